The number of benzene rings is 2. The van der Waals surface area contributed by atoms with E-state index in [1.807, 2.05) is 46.8 Å². The van der Waals surface area contributed by atoms with Gasteiger partial charge in [0.2, 0.25) is 6.41 Å². The van der Waals surface area contributed by atoms with Crippen molar-refractivity contribution >= 4 is 30.6 Å². The zero-order valence-corrected chi connectivity index (χ0v) is 18.2. The summed E-state index contributed by atoms with van der Waals surface area (Å²) in [5, 5.41) is 5.09. The average Bonchev–Trinajstić information content (AvgIpc) is 2.90. The molecule has 2 amide bonds. The Bertz CT molecular complexity index is 902. The normalized spacial score (nSPS) is 16.3. The summed E-state index contributed by atoms with van der Waals surface area (Å²) in [6.45, 7) is 9.90. The summed E-state index contributed by atoms with van der Waals surface area (Å²) in [5.74, 6) is -0.806. The zero-order chi connectivity index (χ0) is 22.5. The third kappa shape index (κ3) is 5.26. The van der Waals surface area contributed by atoms with Gasteiger partial charge in [-0.3, -0.25) is 9.59 Å². The number of halogens is 1. The molecular formula is C22H28BFN2O4. The molecule has 160 valence electrons. The van der Waals surface area contributed by atoms with Crippen LogP contribution < -0.4 is 16.1 Å². The maximum absolute atomic E-state index is 13.3. The monoisotopic (exact) mass is 414 g/mol. The molecule has 6 nitrogen and oxygen atoms in total. The number of anilines is 1. The second-order valence-electron chi connectivity index (χ2n) is 7.98. The maximum Gasteiger partial charge on any atom is 0.495 e. The smallest absolute Gasteiger partial charge is 0.399 e. The van der Waals surface area contributed by atoms with Crippen LogP contribution in [0.25, 0.3) is 0 Å². The van der Waals surface area contributed by atoms with Gasteiger partial charge in [-0.25, -0.2) is 4.39 Å². The van der Waals surface area contributed by atoms with Crippen LogP contribution in [-0.2, 0) is 14.1 Å². The van der Waals surface area contributed by atoms with Crippen molar-refractivity contribution in [1.82, 2.24) is 5.32 Å². The van der Waals surface area contributed by atoms with E-state index in [-0.39, 0.29) is 11.5 Å². The summed E-state index contributed by atoms with van der Waals surface area (Å²) in [4.78, 5) is 21.5. The van der Waals surface area contributed by atoms with Crippen LogP contribution in [0.1, 0.15) is 43.6 Å². The molecule has 0 atom stereocenters. The Morgan fingerprint density at radius 1 is 1.07 bits per heavy atom. The van der Waals surface area contributed by atoms with E-state index >= 15 is 0 Å². The first kappa shape index (κ1) is 23.6. The van der Waals surface area contributed by atoms with Gasteiger partial charge >= 0.3 is 7.12 Å². The minimum absolute atomic E-state index is 0.269. The van der Waals surface area contributed by atoms with Crippen molar-refractivity contribution < 1.29 is 23.3 Å². The third-order valence-electron chi connectivity index (χ3n) is 5.34. The molecule has 1 heterocycles. The van der Waals surface area contributed by atoms with E-state index in [2.05, 4.69) is 10.6 Å². The van der Waals surface area contributed by atoms with Crippen LogP contribution in [0, 0.1) is 12.7 Å². The van der Waals surface area contributed by atoms with E-state index in [1.165, 1.54) is 18.2 Å². The highest BCUT2D eigenvalue weighted by atomic mass is 19.1. The molecule has 0 unspecified atom stereocenters. The number of nitrogens with one attached hydrogen (secondary N) is 2. The molecule has 0 aromatic heterocycles. The van der Waals surface area contributed by atoms with Crippen LogP contribution in [-0.4, -0.2) is 37.7 Å². The van der Waals surface area contributed by atoms with E-state index < -0.39 is 24.1 Å². The molecular weight excluding hydrogens is 386 g/mol. The van der Waals surface area contributed by atoms with Crippen molar-refractivity contribution in [2.45, 2.75) is 45.8 Å². The van der Waals surface area contributed by atoms with Crippen LogP contribution in [0.5, 0.6) is 0 Å². The van der Waals surface area contributed by atoms with Gasteiger partial charge in [-0.1, -0.05) is 18.2 Å². The summed E-state index contributed by atoms with van der Waals surface area (Å²) in [7, 11) is 1.05. The van der Waals surface area contributed by atoms with Gasteiger partial charge in [0.25, 0.3) is 5.91 Å². The molecule has 2 N–H and O–H groups in total. The molecule has 0 aliphatic carbocycles. The summed E-state index contributed by atoms with van der Waals surface area (Å²) < 4.78 is 25.6. The molecule has 0 bridgehead atoms. The number of amides is 2. The van der Waals surface area contributed by atoms with Gasteiger partial charge in [0.1, 0.15) is 5.82 Å². The molecule has 2 aromatic carbocycles. The highest BCUT2D eigenvalue weighted by Crippen LogP contribution is 2.37. The number of carbonyl (C=O) groups is 2. The third-order valence-corrected chi connectivity index (χ3v) is 5.34. The molecule has 2 aromatic rings. The maximum atomic E-state index is 13.3. The van der Waals surface area contributed by atoms with Crippen molar-refractivity contribution in [1.29, 1.82) is 0 Å². The Morgan fingerprint density at radius 3 is 2.17 bits per heavy atom. The van der Waals surface area contributed by atoms with Gasteiger partial charge in [0.15, 0.2) is 0 Å². The fourth-order valence-corrected chi connectivity index (χ4v) is 2.84. The lowest BCUT2D eigenvalue weighted by Gasteiger charge is -2.32. The summed E-state index contributed by atoms with van der Waals surface area (Å²) in [6, 6.07) is 11.2. The number of hydrogen-bond donors (Lipinski definition) is 2. The second kappa shape index (κ2) is 9.41. The molecule has 30 heavy (non-hydrogen) atoms. The molecule has 8 heteroatoms. The van der Waals surface area contributed by atoms with Crippen LogP contribution >= 0.6 is 0 Å². The molecule has 1 aliphatic rings. The van der Waals surface area contributed by atoms with E-state index in [4.69, 9.17) is 14.1 Å². The predicted octanol–water partition coefficient (Wildman–Crippen LogP) is 3.05. The lowest BCUT2D eigenvalue weighted by atomic mass is 9.76. The number of rotatable bonds is 4. The minimum atomic E-state index is -0.508. The van der Waals surface area contributed by atoms with Gasteiger partial charge in [0, 0.05) is 18.3 Å². The SMILES string of the molecule is CNC=O.Cc1c(NC(=O)c2cccc(F)c2)cccc1B1OC(C)(C)C(C)(C)O1. The van der Waals surface area contributed by atoms with Crippen molar-refractivity contribution in [3.63, 3.8) is 0 Å². The van der Waals surface area contributed by atoms with Crippen molar-refractivity contribution in [3.05, 3.63) is 59.4 Å². The van der Waals surface area contributed by atoms with Crippen molar-refractivity contribution in [2.24, 2.45) is 0 Å². The first-order valence-electron chi connectivity index (χ1n) is 9.65. The Kier molecular flexibility index (Phi) is 7.39. The van der Waals surface area contributed by atoms with Crippen LogP contribution in [0.2, 0.25) is 0 Å². The van der Waals surface area contributed by atoms with Gasteiger partial charge in [-0.15, -0.1) is 0 Å². The van der Waals surface area contributed by atoms with Gasteiger partial charge in [-0.05, 0) is 69.9 Å². The Labute approximate surface area is 177 Å². The first-order chi connectivity index (χ1) is 14.0. The quantitative estimate of drug-likeness (QED) is 0.596. The molecule has 1 saturated heterocycles. The second-order valence-corrected chi connectivity index (χ2v) is 7.98. The molecule has 1 fully saturated rings. The largest absolute Gasteiger partial charge is 0.495 e. The topological polar surface area (TPSA) is 76.7 Å². The summed E-state index contributed by atoms with van der Waals surface area (Å²) in [5.41, 5.74) is 1.75. The van der Waals surface area contributed by atoms with Crippen LogP contribution in [0.3, 0.4) is 0 Å². The van der Waals surface area contributed by atoms with Gasteiger partial charge < -0.3 is 19.9 Å². The summed E-state index contributed by atoms with van der Waals surface area (Å²) >= 11 is 0. The Hall–Kier alpha value is -2.71. The molecule has 1 aliphatic heterocycles. The van der Waals surface area contributed by atoms with Crippen molar-refractivity contribution in [3.8, 4) is 0 Å². The predicted molar refractivity (Wildman–Crippen MR) is 116 cm³/mol. The van der Waals surface area contributed by atoms with Crippen molar-refractivity contribution in [2.75, 3.05) is 12.4 Å². The molecule has 0 saturated carbocycles. The first-order valence-corrected chi connectivity index (χ1v) is 9.65. The van der Waals surface area contributed by atoms with E-state index in [1.54, 1.807) is 19.2 Å². The average molecular weight is 414 g/mol. The summed E-state index contributed by atoms with van der Waals surface area (Å²) in [6.07, 6.45) is 0.625. The van der Waals surface area contributed by atoms with Gasteiger partial charge in [0.05, 0.1) is 11.2 Å². The number of carbonyl (C=O) groups excluding carboxylic acids is 2. The van der Waals surface area contributed by atoms with Crippen LogP contribution in [0.15, 0.2) is 42.5 Å². The minimum Gasteiger partial charge on any atom is -0.399 e. The standard InChI is InChI=1S/C20H23BFNO3.C2H5NO/c1-13-16(21-25-19(2,3)20(4,5)26-21)10-7-11-17(13)23-18(24)14-8-6-9-15(22)12-14;1-3-2-4/h6-12H,1-5H3,(H,23,24);2H,1H3,(H,3,4). The molecule has 3 rings (SSSR count). The van der Waals surface area contributed by atoms with Crippen LogP contribution in [0.4, 0.5) is 10.1 Å². The fraction of sp³-hybridized carbons (Fsp3) is 0.364. The number of hydrogen-bond acceptors (Lipinski definition) is 4. The lowest BCUT2D eigenvalue weighted by molar-refractivity contribution is -0.109. The Balaban J connectivity index is 0.000000735. The highest BCUT2D eigenvalue weighted by Gasteiger charge is 2.52. The fourth-order valence-electron chi connectivity index (χ4n) is 2.84. The van der Waals surface area contributed by atoms with E-state index in [9.17, 15) is 9.18 Å². The zero-order valence-electron chi connectivity index (χ0n) is 18.2. The van der Waals surface area contributed by atoms with E-state index in [0.717, 1.165) is 11.0 Å². The highest BCUT2D eigenvalue weighted by molar-refractivity contribution is 6.62. The lowest BCUT2D eigenvalue weighted by Crippen LogP contribution is -2.41. The van der Waals surface area contributed by atoms with Gasteiger partial charge in [-0.2, -0.15) is 0 Å². The van der Waals surface area contributed by atoms with E-state index in [0.29, 0.717) is 12.1 Å². The molecule has 0 spiro atoms. The molecule has 0 radical (unpaired) electrons. The Morgan fingerprint density at radius 2 is 1.63 bits per heavy atom.